The third-order valence-corrected chi connectivity index (χ3v) is 6.44. The number of nitrogens with one attached hydrogen (secondary N) is 1. The first kappa shape index (κ1) is 22.4. The molecule has 1 N–H and O–H groups in total. The minimum absolute atomic E-state index is 0.264. The topological polar surface area (TPSA) is 75.7 Å². The SMILES string of the molecule is COc1ccc(N([C@H](C)C(=O)NCCSc2ccccc2)S(C)(=O)=O)cc1Cl. The van der Waals surface area contributed by atoms with Crippen molar-refractivity contribution in [1.29, 1.82) is 0 Å². The van der Waals surface area contributed by atoms with Gasteiger partial charge in [0.05, 0.1) is 24.1 Å². The largest absolute Gasteiger partial charge is 0.495 e. The van der Waals surface area contributed by atoms with Crippen molar-refractivity contribution in [3.05, 3.63) is 53.6 Å². The molecule has 0 heterocycles. The van der Waals surface area contributed by atoms with Gasteiger partial charge in [-0.3, -0.25) is 9.10 Å². The summed E-state index contributed by atoms with van der Waals surface area (Å²) in [5.74, 6) is 0.718. The van der Waals surface area contributed by atoms with Crippen LogP contribution in [0.3, 0.4) is 0 Å². The van der Waals surface area contributed by atoms with Crippen LogP contribution in [0.25, 0.3) is 0 Å². The minimum Gasteiger partial charge on any atom is -0.495 e. The van der Waals surface area contributed by atoms with E-state index in [0.29, 0.717) is 23.7 Å². The van der Waals surface area contributed by atoms with E-state index in [9.17, 15) is 13.2 Å². The number of sulfonamides is 1. The Morgan fingerprint density at radius 1 is 1.25 bits per heavy atom. The van der Waals surface area contributed by atoms with E-state index in [4.69, 9.17) is 16.3 Å². The summed E-state index contributed by atoms with van der Waals surface area (Å²) < 4.78 is 30.8. The number of anilines is 1. The smallest absolute Gasteiger partial charge is 0.243 e. The molecule has 0 aromatic heterocycles. The maximum Gasteiger partial charge on any atom is 0.243 e. The number of ether oxygens (including phenoxy) is 1. The van der Waals surface area contributed by atoms with Gasteiger partial charge in [0.2, 0.25) is 15.9 Å². The first-order valence-electron chi connectivity index (χ1n) is 8.52. The van der Waals surface area contributed by atoms with Crippen LogP contribution in [-0.2, 0) is 14.8 Å². The first-order valence-corrected chi connectivity index (χ1v) is 11.7. The lowest BCUT2D eigenvalue weighted by molar-refractivity contribution is -0.121. The zero-order valence-electron chi connectivity index (χ0n) is 15.9. The third-order valence-electron chi connectivity index (χ3n) is 3.89. The highest BCUT2D eigenvalue weighted by atomic mass is 35.5. The fraction of sp³-hybridized carbons (Fsp3) is 0.316. The van der Waals surface area contributed by atoms with Crippen molar-refractivity contribution in [2.45, 2.75) is 17.9 Å². The number of carbonyl (C=O) groups excluding carboxylic acids is 1. The van der Waals surface area contributed by atoms with Crippen LogP contribution in [0.2, 0.25) is 5.02 Å². The van der Waals surface area contributed by atoms with Gasteiger partial charge >= 0.3 is 0 Å². The average molecular weight is 443 g/mol. The summed E-state index contributed by atoms with van der Waals surface area (Å²) in [6.07, 6.45) is 1.06. The molecule has 2 rings (SSSR count). The number of amides is 1. The Morgan fingerprint density at radius 2 is 1.93 bits per heavy atom. The van der Waals surface area contributed by atoms with Gasteiger partial charge in [0.15, 0.2) is 0 Å². The molecule has 152 valence electrons. The molecule has 0 fully saturated rings. The van der Waals surface area contributed by atoms with Gasteiger partial charge in [0, 0.05) is 17.2 Å². The number of thioether (sulfide) groups is 1. The van der Waals surface area contributed by atoms with Gasteiger partial charge in [0.1, 0.15) is 11.8 Å². The molecule has 0 aliphatic rings. The lowest BCUT2D eigenvalue weighted by Crippen LogP contribution is -2.48. The Morgan fingerprint density at radius 3 is 2.50 bits per heavy atom. The summed E-state index contributed by atoms with van der Waals surface area (Å²) in [7, 11) is -2.23. The molecule has 1 atom stereocenters. The highest BCUT2D eigenvalue weighted by Crippen LogP contribution is 2.31. The lowest BCUT2D eigenvalue weighted by atomic mass is 10.2. The van der Waals surface area contributed by atoms with Gasteiger partial charge in [-0.1, -0.05) is 29.8 Å². The molecule has 0 aliphatic carbocycles. The fourth-order valence-electron chi connectivity index (χ4n) is 2.61. The van der Waals surface area contributed by atoms with E-state index in [2.05, 4.69) is 5.32 Å². The fourth-order valence-corrected chi connectivity index (χ4v) is 4.82. The second-order valence-electron chi connectivity index (χ2n) is 6.01. The number of benzene rings is 2. The van der Waals surface area contributed by atoms with Crippen LogP contribution in [0, 0.1) is 0 Å². The predicted molar refractivity (Wildman–Crippen MR) is 115 cm³/mol. The average Bonchev–Trinajstić information content (AvgIpc) is 2.65. The van der Waals surface area contributed by atoms with Crippen molar-refractivity contribution in [1.82, 2.24) is 5.32 Å². The molecule has 0 aliphatic heterocycles. The summed E-state index contributed by atoms with van der Waals surface area (Å²) in [6, 6.07) is 13.5. The molecule has 0 radical (unpaired) electrons. The normalized spacial score (nSPS) is 12.3. The van der Waals surface area contributed by atoms with Crippen LogP contribution in [0.15, 0.2) is 53.4 Å². The van der Waals surface area contributed by atoms with Crippen molar-refractivity contribution in [2.24, 2.45) is 0 Å². The van der Waals surface area contributed by atoms with E-state index in [1.807, 2.05) is 30.3 Å². The minimum atomic E-state index is -3.70. The van der Waals surface area contributed by atoms with Crippen LogP contribution in [0.5, 0.6) is 5.75 Å². The number of carbonyl (C=O) groups is 1. The van der Waals surface area contributed by atoms with Crippen molar-refractivity contribution in [3.63, 3.8) is 0 Å². The number of methoxy groups -OCH3 is 1. The molecule has 9 heteroatoms. The van der Waals surface area contributed by atoms with Gasteiger partial charge in [0.25, 0.3) is 0 Å². The van der Waals surface area contributed by atoms with E-state index >= 15 is 0 Å². The number of rotatable bonds is 9. The Kier molecular flexibility index (Phi) is 8.03. The second-order valence-corrected chi connectivity index (χ2v) is 9.44. The monoisotopic (exact) mass is 442 g/mol. The molecule has 6 nitrogen and oxygen atoms in total. The van der Waals surface area contributed by atoms with E-state index in [1.54, 1.807) is 30.8 Å². The molecule has 2 aromatic carbocycles. The third kappa shape index (κ3) is 6.05. The van der Waals surface area contributed by atoms with E-state index < -0.39 is 16.1 Å². The van der Waals surface area contributed by atoms with Crippen molar-refractivity contribution < 1.29 is 17.9 Å². The molecule has 2 aromatic rings. The van der Waals surface area contributed by atoms with Crippen LogP contribution in [-0.4, -0.2) is 46.0 Å². The molecule has 0 saturated carbocycles. The van der Waals surface area contributed by atoms with Gasteiger partial charge in [-0.25, -0.2) is 8.42 Å². The van der Waals surface area contributed by atoms with E-state index in [1.165, 1.54) is 13.2 Å². The van der Waals surface area contributed by atoms with Gasteiger partial charge in [-0.2, -0.15) is 0 Å². The molecule has 28 heavy (non-hydrogen) atoms. The zero-order chi connectivity index (χ0) is 20.7. The number of hydrogen-bond donors (Lipinski definition) is 1. The zero-order valence-corrected chi connectivity index (χ0v) is 18.3. The van der Waals surface area contributed by atoms with Gasteiger partial charge < -0.3 is 10.1 Å². The van der Waals surface area contributed by atoms with Crippen molar-refractivity contribution in [3.8, 4) is 5.75 Å². The van der Waals surface area contributed by atoms with Crippen LogP contribution < -0.4 is 14.4 Å². The maximum absolute atomic E-state index is 12.5. The Labute approximate surface area is 175 Å². The Bertz CT molecular complexity index is 907. The lowest BCUT2D eigenvalue weighted by Gasteiger charge is -2.28. The summed E-state index contributed by atoms with van der Waals surface area (Å²) in [6.45, 7) is 1.96. The summed E-state index contributed by atoms with van der Waals surface area (Å²) in [5, 5.41) is 3.05. The molecule has 0 saturated heterocycles. The summed E-state index contributed by atoms with van der Waals surface area (Å²) in [4.78, 5) is 13.6. The van der Waals surface area contributed by atoms with Crippen LogP contribution in [0.1, 0.15) is 6.92 Å². The summed E-state index contributed by atoms with van der Waals surface area (Å²) >= 11 is 7.73. The molecule has 0 bridgehead atoms. The highest BCUT2D eigenvalue weighted by molar-refractivity contribution is 7.99. The first-order chi connectivity index (χ1) is 13.2. The molecule has 0 unspecified atom stereocenters. The quantitative estimate of drug-likeness (QED) is 0.475. The van der Waals surface area contributed by atoms with Crippen LogP contribution >= 0.6 is 23.4 Å². The predicted octanol–water partition coefficient (Wildman–Crippen LogP) is 3.41. The van der Waals surface area contributed by atoms with Gasteiger partial charge in [-0.05, 0) is 37.3 Å². The van der Waals surface area contributed by atoms with Crippen LogP contribution in [0.4, 0.5) is 5.69 Å². The second kappa shape index (κ2) is 10.0. The summed E-state index contributed by atoms with van der Waals surface area (Å²) in [5.41, 5.74) is 0.301. The molecular formula is C19H23ClN2O4S2. The number of hydrogen-bond acceptors (Lipinski definition) is 5. The van der Waals surface area contributed by atoms with Gasteiger partial charge in [-0.15, -0.1) is 11.8 Å². The highest BCUT2D eigenvalue weighted by Gasteiger charge is 2.29. The van der Waals surface area contributed by atoms with Crippen molar-refractivity contribution >= 4 is 45.0 Å². The van der Waals surface area contributed by atoms with E-state index in [-0.39, 0.29) is 10.9 Å². The van der Waals surface area contributed by atoms with Crippen molar-refractivity contribution in [2.75, 3.05) is 30.0 Å². The standard InChI is InChI=1S/C19H23ClN2O4S2/c1-14(19(23)21-11-12-27-16-7-5-4-6-8-16)22(28(3,24)25)15-9-10-18(26-2)17(20)13-15/h4-10,13-14H,11-12H2,1-3H3,(H,21,23)/t14-/m1/s1. The maximum atomic E-state index is 12.5. The molecular weight excluding hydrogens is 420 g/mol. The molecule has 0 spiro atoms. The Hall–Kier alpha value is -1.90. The number of nitrogens with zero attached hydrogens (tertiary/aromatic N) is 1. The Balaban J connectivity index is 2.05. The number of halogens is 1. The molecule has 1 amide bonds. The van der Waals surface area contributed by atoms with E-state index in [0.717, 1.165) is 15.5 Å².